The van der Waals surface area contributed by atoms with E-state index in [2.05, 4.69) is 15.2 Å². The summed E-state index contributed by atoms with van der Waals surface area (Å²) in [5.41, 5.74) is 1.88. The van der Waals surface area contributed by atoms with Gasteiger partial charge in [0.1, 0.15) is 11.6 Å². The number of nitrogens with one attached hydrogen (secondary N) is 1. The van der Waals surface area contributed by atoms with Gasteiger partial charge in [0, 0.05) is 11.6 Å². The summed E-state index contributed by atoms with van der Waals surface area (Å²) in [7, 11) is 0. The van der Waals surface area contributed by atoms with Gasteiger partial charge in [-0.15, -0.1) is 5.10 Å². The van der Waals surface area contributed by atoms with Crippen LogP contribution in [0.25, 0.3) is 11.4 Å². The lowest BCUT2D eigenvalue weighted by molar-refractivity contribution is 0.0990. The smallest absolute Gasteiger partial charge is 0.209 e. The summed E-state index contributed by atoms with van der Waals surface area (Å²) in [5, 5.41) is 6.69. The highest BCUT2D eigenvalue weighted by Crippen LogP contribution is 2.26. The quantitative estimate of drug-likeness (QED) is 0.541. The minimum absolute atomic E-state index is 0.143. The molecule has 0 saturated heterocycles. The van der Waals surface area contributed by atoms with Crippen molar-refractivity contribution >= 4 is 17.5 Å². The van der Waals surface area contributed by atoms with E-state index in [0.717, 1.165) is 35.0 Å². The van der Waals surface area contributed by atoms with E-state index in [1.165, 1.54) is 0 Å². The van der Waals surface area contributed by atoms with Gasteiger partial charge in [0.05, 0.1) is 10.8 Å². The molecule has 4 nitrogen and oxygen atoms in total. The molecule has 2 aromatic carbocycles. The van der Waals surface area contributed by atoms with E-state index in [0.29, 0.717) is 17.0 Å². The minimum Gasteiger partial charge on any atom is -0.293 e. The second kappa shape index (κ2) is 7.14. The van der Waals surface area contributed by atoms with Gasteiger partial charge in [0.2, 0.25) is 5.16 Å². The molecule has 1 atom stereocenters. The molecular weight excluding hydrogens is 344 g/mol. The monoisotopic (exact) mass is 359 g/mol. The molecule has 0 fully saturated rings. The molecule has 0 aliphatic rings. The molecule has 1 heterocycles. The van der Waals surface area contributed by atoms with Gasteiger partial charge in [-0.2, -0.15) is 0 Å². The Balaban J connectivity index is 1.74. The van der Waals surface area contributed by atoms with Gasteiger partial charge < -0.3 is 0 Å². The molecule has 0 aliphatic carbocycles. The van der Waals surface area contributed by atoms with Crippen LogP contribution in [0.3, 0.4) is 0 Å². The summed E-state index contributed by atoms with van der Waals surface area (Å²) in [5.74, 6) is -1.43. The highest BCUT2D eigenvalue weighted by molar-refractivity contribution is 8.00. The van der Waals surface area contributed by atoms with E-state index in [4.69, 9.17) is 0 Å². The highest BCUT2D eigenvalue weighted by atomic mass is 32.2. The molecule has 1 N–H and O–H groups in total. The number of Topliss-reactive ketones (excluding diaryl/α,β-unsaturated/α-hetero) is 1. The Kier molecular flexibility index (Phi) is 4.94. The maximum atomic E-state index is 13.8. The molecule has 128 valence electrons. The van der Waals surface area contributed by atoms with E-state index in [1.807, 2.05) is 31.2 Å². The van der Waals surface area contributed by atoms with Crippen molar-refractivity contribution in [1.82, 2.24) is 15.2 Å². The molecule has 0 radical (unpaired) electrons. The Morgan fingerprint density at radius 3 is 2.56 bits per heavy atom. The second-order valence-electron chi connectivity index (χ2n) is 5.58. The average molecular weight is 359 g/mol. The zero-order chi connectivity index (χ0) is 18.0. The minimum atomic E-state index is -0.868. The predicted octanol–water partition coefficient (Wildman–Crippen LogP) is 4.42. The van der Waals surface area contributed by atoms with Gasteiger partial charge >= 0.3 is 0 Å². The first-order valence-electron chi connectivity index (χ1n) is 7.59. The van der Waals surface area contributed by atoms with Crippen LogP contribution in [-0.4, -0.2) is 26.2 Å². The van der Waals surface area contributed by atoms with Crippen molar-refractivity contribution in [3.05, 3.63) is 65.2 Å². The predicted molar refractivity (Wildman–Crippen MR) is 92.6 cm³/mol. The Morgan fingerprint density at radius 2 is 1.88 bits per heavy atom. The zero-order valence-electron chi connectivity index (χ0n) is 13.6. The summed E-state index contributed by atoms with van der Waals surface area (Å²) in [6.07, 6.45) is 0. The fourth-order valence-electron chi connectivity index (χ4n) is 2.26. The topological polar surface area (TPSA) is 58.6 Å². The van der Waals surface area contributed by atoms with E-state index >= 15 is 0 Å². The number of rotatable bonds is 5. The molecule has 0 bridgehead atoms. The summed E-state index contributed by atoms with van der Waals surface area (Å²) in [6.45, 7) is 3.63. The van der Waals surface area contributed by atoms with Gasteiger partial charge in [-0.1, -0.05) is 41.6 Å². The number of hydrogen-bond donors (Lipinski definition) is 1. The second-order valence-corrected chi connectivity index (χ2v) is 6.89. The van der Waals surface area contributed by atoms with Crippen LogP contribution in [0, 0.1) is 18.6 Å². The van der Waals surface area contributed by atoms with E-state index < -0.39 is 22.7 Å². The van der Waals surface area contributed by atoms with Crippen molar-refractivity contribution in [1.29, 1.82) is 0 Å². The van der Waals surface area contributed by atoms with Crippen molar-refractivity contribution in [2.24, 2.45) is 0 Å². The van der Waals surface area contributed by atoms with Gasteiger partial charge in [-0.3, -0.25) is 9.89 Å². The third kappa shape index (κ3) is 3.93. The number of benzene rings is 2. The lowest BCUT2D eigenvalue weighted by Gasteiger charge is -2.08. The van der Waals surface area contributed by atoms with Crippen molar-refractivity contribution in [2.75, 3.05) is 0 Å². The maximum Gasteiger partial charge on any atom is 0.209 e. The number of nitrogens with zero attached hydrogens (tertiary/aromatic N) is 2. The van der Waals surface area contributed by atoms with Crippen LogP contribution in [0.5, 0.6) is 0 Å². The van der Waals surface area contributed by atoms with Crippen LogP contribution < -0.4 is 0 Å². The van der Waals surface area contributed by atoms with Crippen LogP contribution >= 0.6 is 11.8 Å². The molecule has 1 unspecified atom stereocenters. The van der Waals surface area contributed by atoms with E-state index in [9.17, 15) is 13.6 Å². The summed E-state index contributed by atoms with van der Waals surface area (Å²) in [6, 6.07) is 10.7. The summed E-state index contributed by atoms with van der Waals surface area (Å²) >= 11 is 1.11. The molecular formula is C18H15F2N3OS. The SMILES string of the molecule is Cc1ccc(-c2nc(SC(C)C(=O)c3ccc(F)cc3F)n[nH]2)cc1. The molecule has 3 rings (SSSR count). The molecule has 0 spiro atoms. The Morgan fingerprint density at radius 1 is 1.16 bits per heavy atom. The zero-order valence-corrected chi connectivity index (χ0v) is 14.4. The maximum absolute atomic E-state index is 13.8. The van der Waals surface area contributed by atoms with Crippen molar-refractivity contribution < 1.29 is 13.6 Å². The number of hydrogen-bond acceptors (Lipinski definition) is 4. The number of aromatic amines is 1. The van der Waals surface area contributed by atoms with Crippen LogP contribution in [0.1, 0.15) is 22.8 Å². The van der Waals surface area contributed by atoms with Gasteiger partial charge in [0.15, 0.2) is 11.6 Å². The molecule has 7 heteroatoms. The molecule has 3 aromatic rings. The lowest BCUT2D eigenvalue weighted by Crippen LogP contribution is -2.15. The molecule has 0 aliphatic heterocycles. The number of thioether (sulfide) groups is 1. The third-order valence-electron chi connectivity index (χ3n) is 3.64. The van der Waals surface area contributed by atoms with E-state index in [1.54, 1.807) is 6.92 Å². The fraction of sp³-hybridized carbons (Fsp3) is 0.167. The van der Waals surface area contributed by atoms with Crippen LogP contribution in [0.15, 0.2) is 47.6 Å². The molecule has 0 amide bonds. The first-order chi connectivity index (χ1) is 11.9. The van der Waals surface area contributed by atoms with Crippen molar-refractivity contribution in [2.45, 2.75) is 24.3 Å². The van der Waals surface area contributed by atoms with Crippen LogP contribution in [0.4, 0.5) is 8.78 Å². The summed E-state index contributed by atoms with van der Waals surface area (Å²) < 4.78 is 26.7. The Bertz CT molecular complexity index is 909. The lowest BCUT2D eigenvalue weighted by atomic mass is 10.1. The number of aromatic nitrogens is 3. The van der Waals surface area contributed by atoms with E-state index in [-0.39, 0.29) is 5.56 Å². The van der Waals surface area contributed by atoms with Gasteiger partial charge in [0.25, 0.3) is 0 Å². The molecule has 1 aromatic heterocycles. The normalized spacial score (nSPS) is 12.2. The number of ketones is 1. The first-order valence-corrected chi connectivity index (χ1v) is 8.47. The van der Waals surface area contributed by atoms with Gasteiger partial charge in [-0.05, 0) is 26.0 Å². The molecule has 25 heavy (non-hydrogen) atoms. The Labute approximate surface area is 147 Å². The summed E-state index contributed by atoms with van der Waals surface area (Å²) in [4.78, 5) is 16.7. The van der Waals surface area contributed by atoms with Crippen molar-refractivity contribution in [3.63, 3.8) is 0 Å². The van der Waals surface area contributed by atoms with Gasteiger partial charge in [-0.25, -0.2) is 13.8 Å². The van der Waals surface area contributed by atoms with Crippen molar-refractivity contribution in [3.8, 4) is 11.4 Å². The third-order valence-corrected chi connectivity index (χ3v) is 4.60. The fourth-order valence-corrected chi connectivity index (χ4v) is 3.05. The highest BCUT2D eigenvalue weighted by Gasteiger charge is 2.22. The Hall–Kier alpha value is -2.54. The average Bonchev–Trinajstić information content (AvgIpc) is 3.03. The molecule has 0 saturated carbocycles. The number of aryl methyl sites for hydroxylation is 1. The standard InChI is InChI=1S/C18H15F2N3OS/c1-10-3-5-12(6-4-10)17-21-18(23-22-17)25-11(2)16(24)14-8-7-13(19)9-15(14)20/h3-9,11H,1-2H3,(H,21,22,23). The number of H-pyrrole nitrogens is 1. The largest absolute Gasteiger partial charge is 0.293 e. The number of carbonyl (C=O) groups excluding carboxylic acids is 1. The number of halogens is 2. The number of carbonyl (C=O) groups is 1. The van der Waals surface area contributed by atoms with Crippen LogP contribution in [-0.2, 0) is 0 Å². The van der Waals surface area contributed by atoms with Crippen LogP contribution in [0.2, 0.25) is 0 Å². The first kappa shape index (κ1) is 17.3.